The molecule has 2 rings (SSSR count). The van der Waals surface area contributed by atoms with Crippen molar-refractivity contribution in [1.82, 2.24) is 0 Å². The molecule has 0 atom stereocenters. The normalized spacial score (nSPS) is 10.5. The summed E-state index contributed by atoms with van der Waals surface area (Å²) in [6.45, 7) is 3.35. The molecule has 0 saturated heterocycles. The third kappa shape index (κ3) is 1.71. The Bertz CT molecular complexity index is 481. The van der Waals surface area contributed by atoms with Crippen molar-refractivity contribution in [2.75, 3.05) is 0 Å². The van der Waals surface area contributed by atoms with Crippen molar-refractivity contribution in [3.63, 3.8) is 0 Å². The third-order valence-corrected chi connectivity index (χ3v) is 2.67. The van der Waals surface area contributed by atoms with Crippen LogP contribution in [-0.2, 0) is 0 Å². The van der Waals surface area contributed by atoms with Crippen LogP contribution in [0.5, 0.6) is 0 Å². The van der Waals surface area contributed by atoms with E-state index in [1.807, 2.05) is 0 Å². The molecule has 0 nitrogen and oxygen atoms in total. The van der Waals surface area contributed by atoms with Crippen molar-refractivity contribution in [3.8, 4) is 11.1 Å². The van der Waals surface area contributed by atoms with Crippen LogP contribution >= 0.6 is 0 Å². The van der Waals surface area contributed by atoms with Crippen molar-refractivity contribution in [2.45, 2.75) is 13.8 Å². The molecule has 2 heteroatoms. The van der Waals surface area contributed by atoms with Gasteiger partial charge in [-0.1, -0.05) is 36.4 Å². The summed E-state index contributed by atoms with van der Waals surface area (Å²) in [5, 5.41) is 0. The van der Waals surface area contributed by atoms with Crippen LogP contribution in [0.3, 0.4) is 0 Å². The number of benzene rings is 2. The summed E-state index contributed by atoms with van der Waals surface area (Å²) in [5.41, 5.74) is 1.69. The number of halogens is 2. The Morgan fingerprint density at radius 1 is 0.688 bits per heavy atom. The van der Waals surface area contributed by atoms with Crippen LogP contribution in [0.15, 0.2) is 36.4 Å². The molecule has 0 fully saturated rings. The molecule has 0 heterocycles. The van der Waals surface area contributed by atoms with Gasteiger partial charge in [0, 0.05) is 11.1 Å². The van der Waals surface area contributed by atoms with Gasteiger partial charge in [-0.15, -0.1) is 0 Å². The highest BCUT2D eigenvalue weighted by molar-refractivity contribution is 5.66. The van der Waals surface area contributed by atoms with Gasteiger partial charge in [0.25, 0.3) is 0 Å². The second-order valence-electron chi connectivity index (χ2n) is 3.87. The number of hydrogen-bond donors (Lipinski definition) is 0. The summed E-state index contributed by atoms with van der Waals surface area (Å²) in [6.07, 6.45) is 0. The van der Waals surface area contributed by atoms with E-state index < -0.39 is 0 Å². The summed E-state index contributed by atoms with van der Waals surface area (Å²) < 4.78 is 27.7. The molecule has 0 aliphatic rings. The Morgan fingerprint density at radius 2 is 1.06 bits per heavy atom. The molecule has 0 saturated carbocycles. The van der Waals surface area contributed by atoms with Gasteiger partial charge in [-0.2, -0.15) is 0 Å². The molecular formula is C14H12F2. The van der Waals surface area contributed by atoms with Crippen molar-refractivity contribution < 1.29 is 8.78 Å². The second kappa shape index (κ2) is 4.05. The minimum atomic E-state index is -0.355. The number of hydrogen-bond acceptors (Lipinski definition) is 0. The largest absolute Gasteiger partial charge is 0.206 e. The highest BCUT2D eigenvalue weighted by atomic mass is 19.1. The maximum absolute atomic E-state index is 13.8. The lowest BCUT2D eigenvalue weighted by atomic mass is 10.0. The lowest BCUT2D eigenvalue weighted by Gasteiger charge is -2.08. The Labute approximate surface area is 93.5 Å². The van der Waals surface area contributed by atoms with Crippen LogP contribution in [0.2, 0.25) is 0 Å². The minimum Gasteiger partial charge on any atom is -0.206 e. The molecule has 0 N–H and O–H groups in total. The zero-order valence-corrected chi connectivity index (χ0v) is 9.22. The molecule has 0 bridgehead atoms. The summed E-state index contributed by atoms with van der Waals surface area (Å²) in [6, 6.07) is 10.0. The van der Waals surface area contributed by atoms with Gasteiger partial charge in [-0.3, -0.25) is 0 Å². The van der Waals surface area contributed by atoms with Crippen LogP contribution in [0.25, 0.3) is 11.1 Å². The van der Waals surface area contributed by atoms with Gasteiger partial charge in [0.05, 0.1) is 0 Å². The summed E-state index contributed by atoms with van der Waals surface area (Å²) in [5.74, 6) is -0.709. The van der Waals surface area contributed by atoms with Crippen molar-refractivity contribution in [2.24, 2.45) is 0 Å². The predicted molar refractivity (Wildman–Crippen MR) is 61.3 cm³/mol. The number of rotatable bonds is 1. The van der Waals surface area contributed by atoms with Gasteiger partial charge in [0.1, 0.15) is 11.6 Å². The van der Waals surface area contributed by atoms with E-state index in [2.05, 4.69) is 0 Å². The topological polar surface area (TPSA) is 0 Å². The first-order valence-corrected chi connectivity index (χ1v) is 5.12. The quantitative estimate of drug-likeness (QED) is 0.671. The molecule has 0 aliphatic heterocycles. The molecule has 2 aromatic carbocycles. The maximum Gasteiger partial charge on any atom is 0.134 e. The molecule has 2 aromatic rings. The highest BCUT2D eigenvalue weighted by Crippen LogP contribution is 2.28. The molecule has 0 unspecified atom stereocenters. The molecule has 0 aromatic heterocycles. The first-order valence-electron chi connectivity index (χ1n) is 5.12. The van der Waals surface area contributed by atoms with E-state index in [4.69, 9.17) is 0 Å². The van der Waals surface area contributed by atoms with E-state index in [1.54, 1.807) is 50.2 Å². The van der Waals surface area contributed by atoms with Gasteiger partial charge < -0.3 is 0 Å². The monoisotopic (exact) mass is 218 g/mol. The van der Waals surface area contributed by atoms with Crippen molar-refractivity contribution in [3.05, 3.63) is 59.2 Å². The van der Waals surface area contributed by atoms with E-state index in [-0.39, 0.29) is 11.6 Å². The molecule has 82 valence electrons. The zero-order chi connectivity index (χ0) is 11.7. The summed E-state index contributed by atoms with van der Waals surface area (Å²) >= 11 is 0. The Balaban J connectivity index is 2.68. The van der Waals surface area contributed by atoms with Crippen LogP contribution < -0.4 is 0 Å². The van der Waals surface area contributed by atoms with E-state index in [1.165, 1.54) is 0 Å². The van der Waals surface area contributed by atoms with E-state index in [0.717, 1.165) is 0 Å². The fourth-order valence-corrected chi connectivity index (χ4v) is 1.71. The molecule has 16 heavy (non-hydrogen) atoms. The van der Waals surface area contributed by atoms with E-state index in [9.17, 15) is 8.78 Å². The van der Waals surface area contributed by atoms with Crippen molar-refractivity contribution >= 4 is 0 Å². The minimum absolute atomic E-state index is 0.321. The van der Waals surface area contributed by atoms with Gasteiger partial charge in [0.2, 0.25) is 0 Å². The second-order valence-corrected chi connectivity index (χ2v) is 3.87. The SMILES string of the molecule is Cc1cccc(-c2cccc(C)c2F)c1F. The average molecular weight is 218 g/mol. The Hall–Kier alpha value is -1.70. The third-order valence-electron chi connectivity index (χ3n) is 2.67. The fraction of sp³-hybridized carbons (Fsp3) is 0.143. The van der Waals surface area contributed by atoms with E-state index >= 15 is 0 Å². The lowest BCUT2D eigenvalue weighted by Crippen LogP contribution is -1.93. The van der Waals surface area contributed by atoms with Gasteiger partial charge in [-0.05, 0) is 25.0 Å². The fourth-order valence-electron chi connectivity index (χ4n) is 1.71. The highest BCUT2D eigenvalue weighted by Gasteiger charge is 2.12. The van der Waals surface area contributed by atoms with Crippen LogP contribution in [0, 0.1) is 25.5 Å². The van der Waals surface area contributed by atoms with Gasteiger partial charge in [0.15, 0.2) is 0 Å². The van der Waals surface area contributed by atoms with Crippen molar-refractivity contribution in [1.29, 1.82) is 0 Å². The zero-order valence-electron chi connectivity index (χ0n) is 9.22. The van der Waals surface area contributed by atoms with Crippen LogP contribution in [-0.4, -0.2) is 0 Å². The standard InChI is InChI=1S/C14H12F2/c1-9-5-3-7-11(13(9)15)12-8-4-6-10(2)14(12)16/h3-8H,1-2H3. The predicted octanol–water partition coefficient (Wildman–Crippen LogP) is 4.25. The Morgan fingerprint density at radius 3 is 1.44 bits per heavy atom. The molecule has 0 radical (unpaired) electrons. The summed E-state index contributed by atoms with van der Waals surface area (Å²) in [4.78, 5) is 0. The first-order chi connectivity index (χ1) is 7.61. The summed E-state index contributed by atoms with van der Waals surface area (Å²) in [7, 11) is 0. The number of aryl methyl sites for hydroxylation is 2. The van der Waals surface area contributed by atoms with Gasteiger partial charge in [-0.25, -0.2) is 8.78 Å². The molecule has 0 spiro atoms. The van der Waals surface area contributed by atoms with Gasteiger partial charge >= 0.3 is 0 Å². The smallest absolute Gasteiger partial charge is 0.134 e. The molecule has 0 aliphatic carbocycles. The first kappa shape index (κ1) is 10.8. The molecular weight excluding hydrogens is 206 g/mol. The lowest BCUT2D eigenvalue weighted by molar-refractivity contribution is 0.607. The Kier molecular flexibility index (Phi) is 2.73. The van der Waals surface area contributed by atoms with Crippen LogP contribution in [0.1, 0.15) is 11.1 Å². The van der Waals surface area contributed by atoms with E-state index in [0.29, 0.717) is 22.3 Å². The van der Waals surface area contributed by atoms with Crippen LogP contribution in [0.4, 0.5) is 8.78 Å². The average Bonchev–Trinajstić information content (AvgIpc) is 2.27. The molecule has 0 amide bonds. The maximum atomic E-state index is 13.8.